The van der Waals surface area contributed by atoms with E-state index in [4.69, 9.17) is 9.47 Å². The van der Waals surface area contributed by atoms with Gasteiger partial charge in [-0.1, -0.05) is 34.1 Å². The number of anilines is 1. The molecule has 0 unspecified atom stereocenters. The number of ether oxygens (including phenoxy) is 2. The first-order valence-corrected chi connectivity index (χ1v) is 8.97. The molecule has 0 amide bonds. The van der Waals surface area contributed by atoms with Gasteiger partial charge in [-0.05, 0) is 59.7 Å². The van der Waals surface area contributed by atoms with E-state index in [1.807, 2.05) is 48.5 Å². The fourth-order valence-electron chi connectivity index (χ4n) is 2.50. The highest BCUT2D eigenvalue weighted by Crippen LogP contribution is 2.29. The molecule has 1 N–H and O–H groups in total. The van der Waals surface area contributed by atoms with Crippen molar-refractivity contribution in [1.82, 2.24) is 0 Å². The van der Waals surface area contributed by atoms with Crippen LogP contribution in [0.2, 0.25) is 0 Å². The Labute approximate surface area is 160 Å². The molecule has 3 nitrogen and oxygen atoms in total. The standard InChI is InChI=1S/C21H19BrFNO2/c1-25-21-12-15(13-24-19-8-6-17(22)7-9-19)5-10-20(21)26-14-16-3-2-4-18(23)11-16/h2-12,24H,13-14H2,1H3. The third kappa shape index (κ3) is 4.99. The van der Waals surface area contributed by atoms with Crippen LogP contribution < -0.4 is 14.8 Å². The van der Waals surface area contributed by atoms with Crippen molar-refractivity contribution in [1.29, 1.82) is 0 Å². The molecule has 0 fully saturated rings. The van der Waals surface area contributed by atoms with Crippen molar-refractivity contribution in [2.75, 3.05) is 12.4 Å². The van der Waals surface area contributed by atoms with Crippen molar-refractivity contribution in [2.45, 2.75) is 13.2 Å². The molecule has 0 aliphatic heterocycles. The van der Waals surface area contributed by atoms with Crippen molar-refractivity contribution in [3.8, 4) is 11.5 Å². The van der Waals surface area contributed by atoms with Crippen molar-refractivity contribution >= 4 is 21.6 Å². The van der Waals surface area contributed by atoms with E-state index in [1.165, 1.54) is 12.1 Å². The van der Waals surface area contributed by atoms with Gasteiger partial charge in [0.2, 0.25) is 0 Å². The molecule has 3 rings (SSSR count). The van der Waals surface area contributed by atoms with Crippen LogP contribution >= 0.6 is 15.9 Å². The van der Waals surface area contributed by atoms with E-state index in [9.17, 15) is 4.39 Å². The first-order chi connectivity index (χ1) is 12.6. The van der Waals surface area contributed by atoms with Gasteiger partial charge in [-0.25, -0.2) is 4.39 Å². The van der Waals surface area contributed by atoms with Crippen LogP contribution in [0.25, 0.3) is 0 Å². The van der Waals surface area contributed by atoms with Gasteiger partial charge in [-0.15, -0.1) is 0 Å². The number of hydrogen-bond donors (Lipinski definition) is 1. The SMILES string of the molecule is COc1cc(CNc2ccc(Br)cc2)ccc1OCc1cccc(F)c1. The van der Waals surface area contributed by atoms with Crippen LogP contribution in [-0.2, 0) is 13.2 Å². The molecule has 0 radical (unpaired) electrons. The summed E-state index contributed by atoms with van der Waals surface area (Å²) in [6, 6.07) is 20.2. The normalized spacial score (nSPS) is 10.4. The van der Waals surface area contributed by atoms with Gasteiger partial charge < -0.3 is 14.8 Å². The number of benzene rings is 3. The van der Waals surface area contributed by atoms with Gasteiger partial charge in [-0.2, -0.15) is 0 Å². The quantitative estimate of drug-likeness (QED) is 0.529. The Balaban J connectivity index is 1.64. The van der Waals surface area contributed by atoms with E-state index in [-0.39, 0.29) is 12.4 Å². The second-order valence-corrected chi connectivity index (χ2v) is 6.68. The maximum atomic E-state index is 13.2. The van der Waals surface area contributed by atoms with E-state index in [0.717, 1.165) is 21.3 Å². The Kier molecular flexibility index (Phi) is 6.12. The summed E-state index contributed by atoms with van der Waals surface area (Å²) in [5, 5.41) is 3.36. The van der Waals surface area contributed by atoms with Gasteiger partial charge in [-0.3, -0.25) is 0 Å². The summed E-state index contributed by atoms with van der Waals surface area (Å²) in [7, 11) is 1.61. The average Bonchev–Trinajstić information content (AvgIpc) is 2.66. The molecule has 0 heterocycles. The van der Waals surface area contributed by atoms with Crippen LogP contribution in [0.15, 0.2) is 71.2 Å². The predicted octanol–water partition coefficient (Wildman–Crippen LogP) is 5.79. The van der Waals surface area contributed by atoms with E-state index in [2.05, 4.69) is 21.2 Å². The first-order valence-electron chi connectivity index (χ1n) is 8.17. The monoisotopic (exact) mass is 415 g/mol. The Bertz CT molecular complexity index is 868. The third-order valence-electron chi connectivity index (χ3n) is 3.85. The summed E-state index contributed by atoms with van der Waals surface area (Å²) >= 11 is 3.42. The van der Waals surface area contributed by atoms with Crippen LogP contribution in [0.3, 0.4) is 0 Å². The van der Waals surface area contributed by atoms with Gasteiger partial charge in [0.15, 0.2) is 11.5 Å². The minimum Gasteiger partial charge on any atom is -0.493 e. The smallest absolute Gasteiger partial charge is 0.161 e. The molecule has 3 aromatic carbocycles. The molecular weight excluding hydrogens is 397 g/mol. The molecule has 0 saturated carbocycles. The van der Waals surface area contributed by atoms with Crippen LogP contribution in [0.4, 0.5) is 10.1 Å². The topological polar surface area (TPSA) is 30.5 Å². The molecule has 0 aromatic heterocycles. The summed E-state index contributed by atoms with van der Waals surface area (Å²) in [6.45, 7) is 0.951. The zero-order valence-corrected chi connectivity index (χ0v) is 15.9. The highest BCUT2D eigenvalue weighted by Gasteiger charge is 2.07. The summed E-state index contributed by atoms with van der Waals surface area (Å²) < 4.78 is 25.5. The first kappa shape index (κ1) is 18.3. The van der Waals surface area contributed by atoms with Crippen LogP contribution in [-0.4, -0.2) is 7.11 Å². The third-order valence-corrected chi connectivity index (χ3v) is 4.38. The van der Waals surface area contributed by atoms with E-state index < -0.39 is 0 Å². The number of rotatable bonds is 7. The highest BCUT2D eigenvalue weighted by molar-refractivity contribution is 9.10. The molecule has 26 heavy (non-hydrogen) atoms. The summed E-state index contributed by atoms with van der Waals surface area (Å²) in [5.74, 6) is 1.01. The summed E-state index contributed by atoms with van der Waals surface area (Å²) in [5.41, 5.74) is 2.88. The Morgan fingerprint density at radius 2 is 1.73 bits per heavy atom. The van der Waals surface area contributed by atoms with Crippen LogP contribution in [0, 0.1) is 5.82 Å². The van der Waals surface area contributed by atoms with Crippen LogP contribution in [0.5, 0.6) is 11.5 Å². The Morgan fingerprint density at radius 1 is 0.923 bits per heavy atom. The average molecular weight is 416 g/mol. The van der Waals surface area contributed by atoms with Gasteiger partial charge in [0, 0.05) is 16.7 Å². The maximum absolute atomic E-state index is 13.2. The van der Waals surface area contributed by atoms with Gasteiger partial charge in [0.1, 0.15) is 12.4 Å². The Hall–Kier alpha value is -2.53. The van der Waals surface area contributed by atoms with Crippen molar-refractivity contribution in [2.24, 2.45) is 0 Å². The molecule has 3 aromatic rings. The van der Waals surface area contributed by atoms with Gasteiger partial charge in [0.05, 0.1) is 7.11 Å². The lowest BCUT2D eigenvalue weighted by Gasteiger charge is -2.13. The van der Waals surface area contributed by atoms with Crippen molar-refractivity contribution in [3.63, 3.8) is 0 Å². The molecule has 0 bridgehead atoms. The maximum Gasteiger partial charge on any atom is 0.161 e. The second kappa shape index (κ2) is 8.72. The lowest BCUT2D eigenvalue weighted by Crippen LogP contribution is -2.02. The molecular formula is C21H19BrFNO2. The fourth-order valence-corrected chi connectivity index (χ4v) is 2.77. The highest BCUT2D eigenvalue weighted by atomic mass is 79.9. The lowest BCUT2D eigenvalue weighted by molar-refractivity contribution is 0.284. The minimum atomic E-state index is -0.271. The molecule has 134 valence electrons. The number of hydrogen-bond acceptors (Lipinski definition) is 3. The number of nitrogens with one attached hydrogen (secondary N) is 1. The summed E-state index contributed by atoms with van der Waals surface area (Å²) in [6.07, 6.45) is 0. The molecule has 5 heteroatoms. The van der Waals surface area contributed by atoms with E-state index >= 15 is 0 Å². The number of halogens is 2. The number of methoxy groups -OCH3 is 1. The molecule has 0 aliphatic rings. The Morgan fingerprint density at radius 3 is 2.46 bits per heavy atom. The van der Waals surface area contributed by atoms with Gasteiger partial charge >= 0.3 is 0 Å². The second-order valence-electron chi connectivity index (χ2n) is 5.76. The molecule has 0 spiro atoms. The van der Waals surface area contributed by atoms with E-state index in [0.29, 0.717) is 18.0 Å². The van der Waals surface area contributed by atoms with Gasteiger partial charge in [0.25, 0.3) is 0 Å². The zero-order chi connectivity index (χ0) is 18.4. The predicted molar refractivity (Wildman–Crippen MR) is 105 cm³/mol. The fraction of sp³-hybridized carbons (Fsp3) is 0.143. The molecule has 0 aliphatic carbocycles. The van der Waals surface area contributed by atoms with Crippen molar-refractivity contribution in [3.05, 3.63) is 88.1 Å². The largest absolute Gasteiger partial charge is 0.493 e. The van der Waals surface area contributed by atoms with Crippen LogP contribution in [0.1, 0.15) is 11.1 Å². The zero-order valence-electron chi connectivity index (χ0n) is 14.3. The lowest BCUT2D eigenvalue weighted by atomic mass is 10.2. The van der Waals surface area contributed by atoms with E-state index in [1.54, 1.807) is 13.2 Å². The van der Waals surface area contributed by atoms with Crippen molar-refractivity contribution < 1.29 is 13.9 Å². The summed E-state index contributed by atoms with van der Waals surface area (Å²) in [4.78, 5) is 0. The molecule has 0 saturated heterocycles. The molecule has 0 atom stereocenters. The minimum absolute atomic E-state index is 0.271.